The Balaban J connectivity index is 1.59. The van der Waals surface area contributed by atoms with Gasteiger partial charge >= 0.3 is 0 Å². The normalized spacial score (nSPS) is 25.2. The second-order valence-electron chi connectivity index (χ2n) is 6.46. The van der Waals surface area contributed by atoms with E-state index < -0.39 is 0 Å². The molecule has 0 radical (unpaired) electrons. The zero-order chi connectivity index (χ0) is 15.6. The van der Waals surface area contributed by atoms with Gasteiger partial charge in [-0.1, -0.05) is 12.1 Å². The monoisotopic (exact) mass is 305 g/mol. The largest absolute Gasteiger partial charge is 0.381 e. The van der Waals surface area contributed by atoms with Crippen LogP contribution >= 0.6 is 0 Å². The van der Waals surface area contributed by atoms with Gasteiger partial charge in [0.15, 0.2) is 5.96 Å². The SMILES string of the molecule is CN=C(NCc1ccc(F)c(C)c1)N1CCC2(CCOC2)C1. The molecule has 2 aliphatic heterocycles. The zero-order valence-electron chi connectivity index (χ0n) is 13.4. The number of nitrogens with zero attached hydrogens (tertiary/aromatic N) is 2. The summed E-state index contributed by atoms with van der Waals surface area (Å²) >= 11 is 0. The molecule has 0 amide bonds. The molecule has 2 saturated heterocycles. The lowest BCUT2D eigenvalue weighted by molar-refractivity contribution is 0.156. The van der Waals surface area contributed by atoms with E-state index in [0.29, 0.717) is 17.5 Å². The van der Waals surface area contributed by atoms with Crippen molar-refractivity contribution in [3.8, 4) is 0 Å². The standard InChI is InChI=1S/C17H24FN3O/c1-13-9-14(3-4-15(13)18)10-20-16(19-2)21-7-5-17(11-21)6-8-22-12-17/h3-4,9H,5-8,10-12H2,1-2H3,(H,19,20). The van der Waals surface area contributed by atoms with E-state index in [1.807, 2.05) is 19.2 Å². The molecular formula is C17H24FN3O. The van der Waals surface area contributed by atoms with Crippen LogP contribution in [-0.2, 0) is 11.3 Å². The highest BCUT2D eigenvalue weighted by Gasteiger charge is 2.42. The molecule has 5 heteroatoms. The van der Waals surface area contributed by atoms with Crippen molar-refractivity contribution in [2.75, 3.05) is 33.4 Å². The molecule has 3 rings (SSSR count). The number of benzene rings is 1. The Bertz CT molecular complexity index is 567. The number of nitrogens with one attached hydrogen (secondary N) is 1. The number of aryl methyl sites for hydroxylation is 1. The van der Waals surface area contributed by atoms with Gasteiger partial charge in [-0.15, -0.1) is 0 Å². The van der Waals surface area contributed by atoms with Crippen LogP contribution in [0.2, 0.25) is 0 Å². The molecule has 1 aromatic rings. The average molecular weight is 305 g/mol. The highest BCUT2D eigenvalue weighted by atomic mass is 19.1. The zero-order valence-corrected chi connectivity index (χ0v) is 13.4. The van der Waals surface area contributed by atoms with Crippen molar-refractivity contribution in [3.05, 3.63) is 35.1 Å². The summed E-state index contributed by atoms with van der Waals surface area (Å²) < 4.78 is 18.9. The van der Waals surface area contributed by atoms with E-state index in [1.165, 1.54) is 12.5 Å². The topological polar surface area (TPSA) is 36.9 Å². The maximum atomic E-state index is 13.3. The molecule has 0 saturated carbocycles. The molecule has 4 nitrogen and oxygen atoms in total. The summed E-state index contributed by atoms with van der Waals surface area (Å²) in [7, 11) is 1.81. The fourth-order valence-corrected chi connectivity index (χ4v) is 3.42. The Kier molecular flexibility index (Phi) is 4.34. The van der Waals surface area contributed by atoms with Gasteiger partial charge in [0.25, 0.3) is 0 Å². The lowest BCUT2D eigenvalue weighted by Gasteiger charge is -2.25. The van der Waals surface area contributed by atoms with Crippen LogP contribution in [0, 0.1) is 18.2 Å². The first-order chi connectivity index (χ1) is 10.6. The number of guanidine groups is 1. The minimum absolute atomic E-state index is 0.157. The van der Waals surface area contributed by atoms with Crippen LogP contribution < -0.4 is 5.32 Å². The van der Waals surface area contributed by atoms with Crippen molar-refractivity contribution in [2.45, 2.75) is 26.3 Å². The summed E-state index contributed by atoms with van der Waals surface area (Å²) in [6.07, 6.45) is 2.32. The van der Waals surface area contributed by atoms with Crippen LogP contribution in [0.4, 0.5) is 4.39 Å². The summed E-state index contributed by atoms with van der Waals surface area (Å²) in [4.78, 5) is 6.71. The van der Waals surface area contributed by atoms with Gasteiger partial charge in [0.1, 0.15) is 5.82 Å². The van der Waals surface area contributed by atoms with Gasteiger partial charge in [-0.05, 0) is 37.0 Å². The summed E-state index contributed by atoms with van der Waals surface area (Å²) in [5, 5.41) is 3.39. The molecule has 0 aromatic heterocycles. The van der Waals surface area contributed by atoms with E-state index in [9.17, 15) is 4.39 Å². The van der Waals surface area contributed by atoms with Crippen LogP contribution in [0.25, 0.3) is 0 Å². The van der Waals surface area contributed by atoms with Gasteiger partial charge in [0, 0.05) is 38.7 Å². The Morgan fingerprint density at radius 1 is 1.45 bits per heavy atom. The first kappa shape index (κ1) is 15.3. The lowest BCUT2D eigenvalue weighted by atomic mass is 9.87. The second kappa shape index (κ2) is 6.24. The van der Waals surface area contributed by atoms with Crippen molar-refractivity contribution >= 4 is 5.96 Å². The lowest BCUT2D eigenvalue weighted by Crippen LogP contribution is -2.41. The molecular weight excluding hydrogens is 281 g/mol. The predicted molar refractivity (Wildman–Crippen MR) is 85.4 cm³/mol. The Morgan fingerprint density at radius 3 is 3.00 bits per heavy atom. The van der Waals surface area contributed by atoms with Crippen LogP contribution in [-0.4, -0.2) is 44.2 Å². The number of hydrogen-bond donors (Lipinski definition) is 1. The fraction of sp³-hybridized carbons (Fsp3) is 0.588. The van der Waals surface area contributed by atoms with Gasteiger partial charge < -0.3 is 15.0 Å². The van der Waals surface area contributed by atoms with Crippen molar-refractivity contribution < 1.29 is 9.13 Å². The second-order valence-corrected chi connectivity index (χ2v) is 6.46. The van der Waals surface area contributed by atoms with Crippen molar-refractivity contribution in [3.63, 3.8) is 0 Å². The van der Waals surface area contributed by atoms with E-state index >= 15 is 0 Å². The molecule has 1 unspecified atom stereocenters. The molecule has 0 aliphatic carbocycles. The number of aliphatic imine (C=N–C) groups is 1. The Labute approximate surface area is 131 Å². The molecule has 1 spiro atoms. The number of rotatable bonds is 2. The molecule has 2 fully saturated rings. The number of hydrogen-bond acceptors (Lipinski definition) is 2. The third-order valence-electron chi connectivity index (χ3n) is 4.81. The van der Waals surface area contributed by atoms with E-state index in [-0.39, 0.29) is 5.82 Å². The van der Waals surface area contributed by atoms with Crippen LogP contribution in [0.3, 0.4) is 0 Å². The molecule has 0 bridgehead atoms. The smallest absolute Gasteiger partial charge is 0.193 e. The van der Waals surface area contributed by atoms with Crippen LogP contribution in [0.5, 0.6) is 0 Å². The van der Waals surface area contributed by atoms with E-state index in [1.54, 1.807) is 6.92 Å². The summed E-state index contributed by atoms with van der Waals surface area (Å²) in [6.45, 7) is 6.23. The average Bonchev–Trinajstić information content (AvgIpc) is 3.14. The van der Waals surface area contributed by atoms with Crippen molar-refractivity contribution in [1.82, 2.24) is 10.2 Å². The van der Waals surface area contributed by atoms with E-state index in [0.717, 1.165) is 44.2 Å². The third-order valence-corrected chi connectivity index (χ3v) is 4.81. The Hall–Kier alpha value is -1.62. The summed E-state index contributed by atoms with van der Waals surface area (Å²) in [6, 6.07) is 5.22. The maximum Gasteiger partial charge on any atom is 0.193 e. The van der Waals surface area contributed by atoms with Gasteiger partial charge in [-0.2, -0.15) is 0 Å². The summed E-state index contributed by atoms with van der Waals surface area (Å²) in [5.74, 6) is 0.765. The molecule has 2 heterocycles. The first-order valence-corrected chi connectivity index (χ1v) is 7.90. The van der Waals surface area contributed by atoms with Gasteiger partial charge in [-0.25, -0.2) is 4.39 Å². The van der Waals surface area contributed by atoms with E-state index in [4.69, 9.17) is 4.74 Å². The minimum Gasteiger partial charge on any atom is -0.381 e. The van der Waals surface area contributed by atoms with Gasteiger partial charge in [-0.3, -0.25) is 4.99 Å². The molecule has 2 aliphatic rings. The maximum absolute atomic E-state index is 13.3. The minimum atomic E-state index is -0.157. The molecule has 1 N–H and O–H groups in total. The molecule has 120 valence electrons. The van der Waals surface area contributed by atoms with E-state index in [2.05, 4.69) is 15.2 Å². The van der Waals surface area contributed by atoms with Crippen molar-refractivity contribution in [2.24, 2.45) is 10.4 Å². The first-order valence-electron chi connectivity index (χ1n) is 7.90. The summed E-state index contributed by atoms with van der Waals surface area (Å²) in [5.41, 5.74) is 2.07. The highest BCUT2D eigenvalue weighted by Crippen LogP contribution is 2.38. The fourth-order valence-electron chi connectivity index (χ4n) is 3.42. The predicted octanol–water partition coefficient (Wildman–Crippen LogP) is 2.32. The quantitative estimate of drug-likeness (QED) is 0.673. The Morgan fingerprint density at radius 2 is 2.32 bits per heavy atom. The van der Waals surface area contributed by atoms with Crippen molar-refractivity contribution in [1.29, 1.82) is 0 Å². The number of ether oxygens (including phenoxy) is 1. The van der Waals surface area contributed by atoms with Gasteiger partial charge in [0.05, 0.1) is 6.61 Å². The third kappa shape index (κ3) is 3.09. The molecule has 1 aromatic carbocycles. The van der Waals surface area contributed by atoms with Gasteiger partial charge in [0.2, 0.25) is 0 Å². The molecule has 22 heavy (non-hydrogen) atoms. The van der Waals surface area contributed by atoms with Crippen LogP contribution in [0.1, 0.15) is 24.0 Å². The highest BCUT2D eigenvalue weighted by molar-refractivity contribution is 5.80. The van der Waals surface area contributed by atoms with Crippen LogP contribution in [0.15, 0.2) is 23.2 Å². The number of likely N-dealkylation sites (tertiary alicyclic amines) is 1. The number of halogens is 1. The molecule has 1 atom stereocenters.